The maximum absolute atomic E-state index is 12.3. The maximum Gasteiger partial charge on any atom is 0.326 e. The zero-order chi connectivity index (χ0) is 14.4. The van der Waals surface area contributed by atoms with E-state index in [9.17, 15) is 14.4 Å². The van der Waals surface area contributed by atoms with E-state index in [4.69, 9.17) is 5.11 Å². The van der Waals surface area contributed by atoms with E-state index in [0.717, 1.165) is 0 Å². The summed E-state index contributed by atoms with van der Waals surface area (Å²) in [6.07, 6.45) is 1.87. The summed E-state index contributed by atoms with van der Waals surface area (Å²) in [5.41, 5.74) is 0. The predicted molar refractivity (Wildman–Crippen MR) is 68.7 cm³/mol. The van der Waals surface area contributed by atoms with Gasteiger partial charge in [0.15, 0.2) is 0 Å². The molecule has 0 spiro atoms. The molecule has 1 unspecified atom stereocenters. The van der Waals surface area contributed by atoms with Crippen molar-refractivity contribution in [2.75, 3.05) is 26.7 Å². The minimum absolute atomic E-state index is 0.0357. The van der Waals surface area contributed by atoms with Crippen LogP contribution in [0.5, 0.6) is 0 Å². The molecule has 1 heterocycles. The van der Waals surface area contributed by atoms with Gasteiger partial charge in [-0.3, -0.25) is 4.79 Å². The molecule has 3 amide bonds. The van der Waals surface area contributed by atoms with Gasteiger partial charge in [0, 0.05) is 20.1 Å². The highest BCUT2D eigenvalue weighted by atomic mass is 16.4. The van der Waals surface area contributed by atoms with Crippen LogP contribution in [0.2, 0.25) is 0 Å². The lowest BCUT2D eigenvalue weighted by Gasteiger charge is -2.29. The van der Waals surface area contributed by atoms with Crippen molar-refractivity contribution in [3.63, 3.8) is 0 Å². The number of likely N-dealkylation sites (tertiary alicyclic amines) is 1. The van der Waals surface area contributed by atoms with Crippen molar-refractivity contribution in [3.05, 3.63) is 0 Å². The number of rotatable bonds is 5. The zero-order valence-electron chi connectivity index (χ0n) is 11.4. The average Bonchev–Trinajstić information content (AvgIpc) is 2.86. The van der Waals surface area contributed by atoms with E-state index < -0.39 is 12.0 Å². The summed E-state index contributed by atoms with van der Waals surface area (Å²) in [7, 11) is 1.51. The molecule has 1 aliphatic rings. The van der Waals surface area contributed by atoms with Gasteiger partial charge in [0.2, 0.25) is 5.91 Å². The molecule has 0 aliphatic carbocycles. The van der Waals surface area contributed by atoms with Crippen molar-refractivity contribution >= 4 is 17.9 Å². The number of amides is 3. The molecule has 7 nitrogen and oxygen atoms in total. The Balaban J connectivity index is 2.75. The lowest BCUT2D eigenvalue weighted by atomic mass is 10.2. The molecular formula is C12H21N3O4. The van der Waals surface area contributed by atoms with Crippen molar-refractivity contribution in [1.82, 2.24) is 15.1 Å². The fourth-order valence-electron chi connectivity index (χ4n) is 2.20. The summed E-state index contributed by atoms with van der Waals surface area (Å²) in [5, 5.41) is 11.5. The molecule has 2 N–H and O–H groups in total. The quantitative estimate of drug-likeness (QED) is 0.743. The number of hydrogen-bond acceptors (Lipinski definition) is 3. The van der Waals surface area contributed by atoms with E-state index in [-0.39, 0.29) is 18.5 Å². The lowest BCUT2D eigenvalue weighted by Crippen LogP contribution is -2.50. The van der Waals surface area contributed by atoms with E-state index in [1.54, 1.807) is 0 Å². The SMILES string of the molecule is CCCN(CC(=O)NC)C(=O)N1CCCC1C(=O)O. The first-order valence-electron chi connectivity index (χ1n) is 6.50. The number of carboxylic acid groups (broad SMARTS) is 1. The number of carboxylic acids is 1. The number of carbonyl (C=O) groups is 3. The van der Waals surface area contributed by atoms with Gasteiger partial charge in [0.1, 0.15) is 12.6 Å². The van der Waals surface area contributed by atoms with Gasteiger partial charge in [-0.15, -0.1) is 0 Å². The van der Waals surface area contributed by atoms with Crippen LogP contribution in [0.3, 0.4) is 0 Å². The third-order valence-electron chi connectivity index (χ3n) is 3.16. The zero-order valence-corrected chi connectivity index (χ0v) is 11.4. The Morgan fingerprint density at radius 2 is 2.11 bits per heavy atom. The van der Waals surface area contributed by atoms with Gasteiger partial charge in [0.05, 0.1) is 0 Å². The summed E-state index contributed by atoms with van der Waals surface area (Å²) in [6.45, 7) is 2.74. The molecule has 1 fully saturated rings. The molecule has 7 heteroatoms. The number of likely N-dealkylation sites (N-methyl/N-ethyl adjacent to an activating group) is 1. The fourth-order valence-corrected chi connectivity index (χ4v) is 2.20. The molecular weight excluding hydrogens is 250 g/mol. The average molecular weight is 271 g/mol. The predicted octanol–water partition coefficient (Wildman–Crippen LogP) is 0.113. The minimum Gasteiger partial charge on any atom is -0.480 e. The number of urea groups is 1. The van der Waals surface area contributed by atoms with Crippen molar-refractivity contribution in [2.45, 2.75) is 32.2 Å². The smallest absolute Gasteiger partial charge is 0.326 e. The fraction of sp³-hybridized carbons (Fsp3) is 0.750. The number of carbonyl (C=O) groups excluding carboxylic acids is 2. The molecule has 1 saturated heterocycles. The van der Waals surface area contributed by atoms with Crippen LogP contribution in [-0.4, -0.2) is 65.5 Å². The minimum atomic E-state index is -0.984. The van der Waals surface area contributed by atoms with Gasteiger partial charge < -0.3 is 20.2 Å². The molecule has 19 heavy (non-hydrogen) atoms. The Bertz CT molecular complexity index is 359. The molecule has 0 saturated carbocycles. The van der Waals surface area contributed by atoms with Crippen molar-refractivity contribution < 1.29 is 19.5 Å². The van der Waals surface area contributed by atoms with E-state index in [0.29, 0.717) is 32.4 Å². The van der Waals surface area contributed by atoms with Crippen LogP contribution in [0.25, 0.3) is 0 Å². The van der Waals surface area contributed by atoms with Crippen LogP contribution in [-0.2, 0) is 9.59 Å². The van der Waals surface area contributed by atoms with E-state index in [1.165, 1.54) is 16.8 Å². The Kier molecular flexibility index (Phi) is 5.59. The van der Waals surface area contributed by atoms with Crippen molar-refractivity contribution in [3.8, 4) is 0 Å². The summed E-state index contributed by atoms with van der Waals surface area (Å²) in [5.74, 6) is -1.24. The van der Waals surface area contributed by atoms with Crippen LogP contribution >= 0.6 is 0 Å². The summed E-state index contributed by atoms with van der Waals surface area (Å²) < 4.78 is 0. The van der Waals surface area contributed by atoms with Gasteiger partial charge in [-0.1, -0.05) is 6.92 Å². The highest BCUT2D eigenvalue weighted by Gasteiger charge is 2.36. The van der Waals surface area contributed by atoms with E-state index in [1.807, 2.05) is 6.92 Å². The largest absolute Gasteiger partial charge is 0.480 e. The van der Waals surface area contributed by atoms with Gasteiger partial charge in [-0.2, -0.15) is 0 Å². The first-order valence-corrected chi connectivity index (χ1v) is 6.50. The normalized spacial score (nSPS) is 18.2. The lowest BCUT2D eigenvalue weighted by molar-refractivity contribution is -0.141. The topological polar surface area (TPSA) is 90.0 Å². The Hall–Kier alpha value is -1.79. The first-order chi connectivity index (χ1) is 9.01. The number of hydrogen-bond donors (Lipinski definition) is 2. The molecule has 1 aliphatic heterocycles. The molecule has 1 rings (SSSR count). The van der Waals surface area contributed by atoms with Crippen LogP contribution in [0.4, 0.5) is 4.79 Å². The molecule has 0 aromatic rings. The van der Waals surface area contributed by atoms with Crippen LogP contribution in [0.15, 0.2) is 0 Å². The van der Waals surface area contributed by atoms with Crippen LogP contribution in [0.1, 0.15) is 26.2 Å². The molecule has 0 bridgehead atoms. The van der Waals surface area contributed by atoms with Crippen molar-refractivity contribution in [1.29, 1.82) is 0 Å². The molecule has 0 aromatic carbocycles. The summed E-state index contributed by atoms with van der Waals surface area (Å²) in [4.78, 5) is 37.5. The van der Waals surface area contributed by atoms with Gasteiger partial charge >= 0.3 is 12.0 Å². The third-order valence-corrected chi connectivity index (χ3v) is 3.16. The molecule has 108 valence electrons. The summed E-state index contributed by atoms with van der Waals surface area (Å²) in [6, 6.07) is -1.13. The number of nitrogens with one attached hydrogen (secondary N) is 1. The molecule has 1 atom stereocenters. The Morgan fingerprint density at radius 3 is 2.63 bits per heavy atom. The maximum atomic E-state index is 12.3. The van der Waals surface area contributed by atoms with Crippen molar-refractivity contribution in [2.24, 2.45) is 0 Å². The van der Waals surface area contributed by atoms with E-state index >= 15 is 0 Å². The second-order valence-electron chi connectivity index (χ2n) is 4.57. The highest BCUT2D eigenvalue weighted by molar-refractivity contribution is 5.87. The summed E-state index contributed by atoms with van der Waals surface area (Å²) >= 11 is 0. The third kappa shape index (κ3) is 3.84. The molecule has 0 aromatic heterocycles. The van der Waals surface area contributed by atoms with Gasteiger partial charge in [-0.05, 0) is 19.3 Å². The van der Waals surface area contributed by atoms with Gasteiger partial charge in [-0.25, -0.2) is 9.59 Å². The molecule has 0 radical (unpaired) electrons. The highest BCUT2D eigenvalue weighted by Crippen LogP contribution is 2.19. The second kappa shape index (κ2) is 6.96. The van der Waals surface area contributed by atoms with Crippen LogP contribution in [0, 0.1) is 0 Å². The standard InChI is InChI=1S/C12H21N3O4/c1-3-6-14(8-10(16)13-2)12(19)15-7-4-5-9(15)11(17)18/h9H,3-8H2,1-2H3,(H,13,16)(H,17,18). The Labute approximate surface area is 112 Å². The Morgan fingerprint density at radius 1 is 1.42 bits per heavy atom. The van der Waals surface area contributed by atoms with Crippen LogP contribution < -0.4 is 5.32 Å². The second-order valence-corrected chi connectivity index (χ2v) is 4.57. The monoisotopic (exact) mass is 271 g/mol. The first kappa shape index (κ1) is 15.3. The van der Waals surface area contributed by atoms with E-state index in [2.05, 4.69) is 5.32 Å². The van der Waals surface area contributed by atoms with Gasteiger partial charge in [0.25, 0.3) is 0 Å². The number of aliphatic carboxylic acids is 1. The number of nitrogens with zero attached hydrogens (tertiary/aromatic N) is 2.